The second-order valence-electron chi connectivity index (χ2n) is 11.1. The van der Waals surface area contributed by atoms with Gasteiger partial charge in [-0.25, -0.2) is 0 Å². The van der Waals surface area contributed by atoms with Crippen LogP contribution in [0.5, 0.6) is 0 Å². The van der Waals surface area contributed by atoms with E-state index in [1.165, 1.54) is 18.4 Å². The minimum atomic E-state index is -0.600. The summed E-state index contributed by atoms with van der Waals surface area (Å²) in [5.41, 5.74) is 6.59. The van der Waals surface area contributed by atoms with E-state index in [-0.39, 0.29) is 24.1 Å². The Morgan fingerprint density at radius 3 is 2.59 bits per heavy atom. The third-order valence-corrected chi connectivity index (χ3v) is 8.72. The van der Waals surface area contributed by atoms with Gasteiger partial charge in [-0.2, -0.15) is 0 Å². The second-order valence-corrected chi connectivity index (χ2v) is 11.1. The second kappa shape index (κ2) is 10.3. The standard InChI is InChI=1S/C28H31N5O4.C2H6/c34-25-4-3-23(26(35)30-25)32-14-20-11-19(1-2-22(20)27(32)36)24-10-18(9-21-12-29-17-33(21)24)13-31-7-5-28(6-8-31)15-37-16-28;1-2/h1-2,9-12,23,29H,3-8,13-17H2,(H,30,34,35);1-2H3. The van der Waals surface area contributed by atoms with Crippen LogP contribution in [0, 0.1) is 5.41 Å². The number of carbonyl (C=O) groups is 3. The number of fused-ring (bicyclic) bond motifs is 2. The lowest BCUT2D eigenvalue weighted by Gasteiger charge is -2.47. The Morgan fingerprint density at radius 2 is 1.87 bits per heavy atom. The number of nitrogens with zero attached hydrogens (tertiary/aromatic N) is 3. The van der Waals surface area contributed by atoms with Crippen molar-refractivity contribution in [1.29, 1.82) is 0 Å². The summed E-state index contributed by atoms with van der Waals surface area (Å²) in [6, 6.07) is 5.38. The molecular formula is C30H37N5O4. The monoisotopic (exact) mass is 531 g/mol. The Hall–Kier alpha value is -3.43. The van der Waals surface area contributed by atoms with Crippen LogP contribution in [0.4, 0.5) is 0 Å². The Bertz CT molecular complexity index is 1280. The average molecular weight is 532 g/mol. The normalized spacial score (nSPS) is 25.4. The fourth-order valence-corrected chi connectivity index (χ4v) is 6.43. The Balaban J connectivity index is 0.00000135. The third kappa shape index (κ3) is 4.67. The molecule has 206 valence electrons. The first kappa shape index (κ1) is 25.8. The molecule has 1 atom stereocenters. The highest BCUT2D eigenvalue weighted by Crippen LogP contribution is 2.39. The summed E-state index contributed by atoms with van der Waals surface area (Å²) in [6.45, 7) is 10.0. The van der Waals surface area contributed by atoms with Crippen molar-refractivity contribution in [3.8, 4) is 0 Å². The predicted molar refractivity (Wildman–Crippen MR) is 147 cm³/mol. The van der Waals surface area contributed by atoms with Gasteiger partial charge < -0.3 is 19.9 Å². The summed E-state index contributed by atoms with van der Waals surface area (Å²) in [7, 11) is 0. The molecule has 6 aliphatic heterocycles. The van der Waals surface area contributed by atoms with E-state index in [1.54, 1.807) is 4.90 Å². The Labute approximate surface area is 229 Å². The quantitative estimate of drug-likeness (QED) is 0.577. The maximum atomic E-state index is 13.1. The summed E-state index contributed by atoms with van der Waals surface area (Å²) >= 11 is 0. The number of ether oxygens (including phenoxy) is 1. The molecular weight excluding hydrogens is 494 g/mol. The van der Waals surface area contributed by atoms with Crippen molar-refractivity contribution in [3.63, 3.8) is 0 Å². The molecule has 1 aromatic carbocycles. The van der Waals surface area contributed by atoms with E-state index in [1.807, 2.05) is 26.0 Å². The van der Waals surface area contributed by atoms with Gasteiger partial charge in [0.1, 0.15) is 6.04 Å². The van der Waals surface area contributed by atoms with Crippen molar-refractivity contribution < 1.29 is 19.1 Å². The molecule has 3 saturated heterocycles. The van der Waals surface area contributed by atoms with E-state index in [4.69, 9.17) is 4.74 Å². The number of piperidine rings is 2. The molecule has 9 heteroatoms. The zero-order valence-corrected chi connectivity index (χ0v) is 22.8. The molecule has 3 amide bonds. The number of carbonyl (C=O) groups excluding carboxylic acids is 3. The molecule has 0 saturated carbocycles. The van der Waals surface area contributed by atoms with Gasteiger partial charge in [-0.1, -0.05) is 19.9 Å². The molecule has 1 unspecified atom stereocenters. The van der Waals surface area contributed by atoms with Crippen molar-refractivity contribution in [2.45, 2.75) is 52.1 Å². The molecule has 1 spiro atoms. The number of hydrogen-bond donors (Lipinski definition) is 2. The summed E-state index contributed by atoms with van der Waals surface area (Å²) in [5.74, 6) is -0.795. The van der Waals surface area contributed by atoms with E-state index in [9.17, 15) is 14.4 Å². The van der Waals surface area contributed by atoms with Crippen molar-refractivity contribution in [3.05, 3.63) is 64.5 Å². The Kier molecular flexibility index (Phi) is 6.81. The molecule has 7 rings (SSSR count). The van der Waals surface area contributed by atoms with E-state index in [0.29, 0.717) is 30.6 Å². The van der Waals surface area contributed by atoms with Crippen LogP contribution in [0.2, 0.25) is 0 Å². The molecule has 0 aliphatic carbocycles. The maximum Gasteiger partial charge on any atom is 0.255 e. The minimum absolute atomic E-state index is 0.141. The van der Waals surface area contributed by atoms with Gasteiger partial charge in [0.25, 0.3) is 5.91 Å². The number of likely N-dealkylation sites (tertiary alicyclic amines) is 1. The third-order valence-electron chi connectivity index (χ3n) is 8.72. The van der Waals surface area contributed by atoms with Crippen LogP contribution in [0.3, 0.4) is 0 Å². The highest BCUT2D eigenvalue weighted by atomic mass is 16.5. The SMILES string of the molecule is CC.O=C1CCC(N2Cc3cc(C4=CC(CN5CCC6(CC5)COC6)=CC5=CNCN54)ccc3C2=O)C(=O)N1. The van der Waals surface area contributed by atoms with Gasteiger partial charge in [0.15, 0.2) is 0 Å². The molecule has 2 N–H and O–H groups in total. The van der Waals surface area contributed by atoms with Crippen LogP contribution in [0.1, 0.15) is 61.0 Å². The molecule has 6 aliphatic rings. The molecule has 0 radical (unpaired) electrons. The van der Waals surface area contributed by atoms with Crippen LogP contribution < -0.4 is 10.6 Å². The van der Waals surface area contributed by atoms with Gasteiger partial charge in [-0.15, -0.1) is 0 Å². The highest BCUT2D eigenvalue weighted by Gasteiger charge is 2.42. The summed E-state index contributed by atoms with van der Waals surface area (Å²) in [4.78, 5) is 43.5. The van der Waals surface area contributed by atoms with Crippen LogP contribution >= 0.6 is 0 Å². The van der Waals surface area contributed by atoms with E-state index in [2.05, 4.69) is 44.9 Å². The van der Waals surface area contributed by atoms with Crippen molar-refractivity contribution >= 4 is 23.4 Å². The lowest BCUT2D eigenvalue weighted by atomic mass is 9.77. The summed E-state index contributed by atoms with van der Waals surface area (Å²) < 4.78 is 5.48. The Morgan fingerprint density at radius 1 is 1.08 bits per heavy atom. The first-order chi connectivity index (χ1) is 19.0. The van der Waals surface area contributed by atoms with Gasteiger partial charge in [-0.3, -0.25) is 24.6 Å². The van der Waals surface area contributed by atoms with Crippen molar-refractivity contribution in [2.75, 3.05) is 39.5 Å². The minimum Gasteiger partial charge on any atom is -0.380 e. The van der Waals surface area contributed by atoms with Crippen LogP contribution in [0.15, 0.2) is 47.8 Å². The topological polar surface area (TPSA) is 94.2 Å². The zero-order valence-electron chi connectivity index (χ0n) is 22.8. The number of hydrogen-bond acceptors (Lipinski definition) is 7. The van der Waals surface area contributed by atoms with Crippen molar-refractivity contribution in [2.24, 2.45) is 5.41 Å². The molecule has 3 fully saturated rings. The fourth-order valence-electron chi connectivity index (χ4n) is 6.43. The summed E-state index contributed by atoms with van der Waals surface area (Å²) in [6.07, 6.45) is 9.64. The number of rotatable bonds is 4. The zero-order chi connectivity index (χ0) is 27.1. The largest absolute Gasteiger partial charge is 0.380 e. The average Bonchev–Trinajstić information content (AvgIpc) is 3.53. The van der Waals surface area contributed by atoms with Crippen molar-refractivity contribution in [1.82, 2.24) is 25.3 Å². The van der Waals surface area contributed by atoms with E-state index >= 15 is 0 Å². The van der Waals surface area contributed by atoms with Crippen LogP contribution in [0.25, 0.3) is 5.70 Å². The lowest BCUT2D eigenvalue weighted by Crippen LogP contribution is -2.52. The molecule has 0 aromatic heterocycles. The van der Waals surface area contributed by atoms with E-state index < -0.39 is 6.04 Å². The highest BCUT2D eigenvalue weighted by molar-refractivity contribution is 6.05. The number of nitrogens with one attached hydrogen (secondary N) is 2. The van der Waals surface area contributed by atoms with Gasteiger partial charge >= 0.3 is 0 Å². The van der Waals surface area contributed by atoms with E-state index in [0.717, 1.165) is 55.4 Å². The van der Waals surface area contributed by atoms with Gasteiger partial charge in [0.2, 0.25) is 11.8 Å². The van der Waals surface area contributed by atoms with Gasteiger partial charge in [-0.05, 0) is 73.3 Å². The lowest BCUT2D eigenvalue weighted by molar-refractivity contribution is -0.138. The van der Waals surface area contributed by atoms with Gasteiger partial charge in [0.05, 0.1) is 31.3 Å². The first-order valence-electron chi connectivity index (χ1n) is 14.2. The first-order valence-corrected chi connectivity index (χ1v) is 14.2. The van der Waals surface area contributed by atoms with Crippen LogP contribution in [-0.4, -0.2) is 78.0 Å². The fraction of sp³-hybridized carbons (Fsp3) is 0.500. The molecule has 6 heterocycles. The smallest absolute Gasteiger partial charge is 0.255 e. The van der Waals surface area contributed by atoms with Gasteiger partial charge in [0, 0.05) is 36.7 Å². The molecule has 9 nitrogen and oxygen atoms in total. The number of benzene rings is 1. The van der Waals surface area contributed by atoms with Crippen LogP contribution in [-0.2, 0) is 20.9 Å². The number of amides is 3. The predicted octanol–water partition coefficient (Wildman–Crippen LogP) is 2.57. The summed E-state index contributed by atoms with van der Waals surface area (Å²) in [5, 5.41) is 5.72. The number of imide groups is 1. The maximum absolute atomic E-state index is 13.1. The molecule has 39 heavy (non-hydrogen) atoms. The molecule has 1 aromatic rings. The number of allylic oxidation sites excluding steroid dienone is 1. The molecule has 0 bridgehead atoms.